The molecule has 0 amide bonds. The fourth-order valence-electron chi connectivity index (χ4n) is 1.77. The third-order valence-corrected chi connectivity index (χ3v) is 2.86. The van der Waals surface area contributed by atoms with Crippen LogP contribution in [-0.4, -0.2) is 22.9 Å². The van der Waals surface area contributed by atoms with Crippen LogP contribution in [0.2, 0.25) is 5.15 Å². The van der Waals surface area contributed by atoms with Crippen LogP contribution in [0.4, 0.5) is 13.2 Å². The number of carbonyl (C=O) groups excluding carboxylic acids is 1. The molecule has 5 nitrogen and oxygen atoms in total. The highest BCUT2D eigenvalue weighted by Gasteiger charge is 2.37. The lowest BCUT2D eigenvalue weighted by molar-refractivity contribution is -0.147. The predicted octanol–water partition coefficient (Wildman–Crippen LogP) is 2.68. The lowest BCUT2D eigenvalue weighted by atomic mass is 10.0. The van der Waals surface area contributed by atoms with Crippen LogP contribution >= 0.6 is 11.6 Å². The van der Waals surface area contributed by atoms with Gasteiger partial charge in [-0.25, -0.2) is 9.48 Å². The zero-order valence-corrected chi connectivity index (χ0v) is 12.3. The van der Waals surface area contributed by atoms with Crippen LogP contribution in [0.15, 0.2) is 10.9 Å². The minimum Gasteiger partial charge on any atom is -0.467 e. The molecule has 1 rings (SSSR count). The van der Waals surface area contributed by atoms with Gasteiger partial charge in [0, 0.05) is 0 Å². The third kappa shape index (κ3) is 4.20. The molecule has 118 valence electrons. The number of halogens is 4. The van der Waals surface area contributed by atoms with Gasteiger partial charge in [-0.2, -0.15) is 18.3 Å². The van der Waals surface area contributed by atoms with Gasteiger partial charge < -0.3 is 4.74 Å². The highest BCUT2D eigenvalue weighted by Crippen LogP contribution is 2.28. The van der Waals surface area contributed by atoms with Gasteiger partial charge in [-0.3, -0.25) is 4.79 Å². The zero-order valence-electron chi connectivity index (χ0n) is 11.6. The first-order valence-electron chi connectivity index (χ1n) is 6.02. The van der Waals surface area contributed by atoms with Crippen LogP contribution in [0, 0.1) is 5.92 Å². The molecule has 21 heavy (non-hydrogen) atoms. The summed E-state index contributed by atoms with van der Waals surface area (Å²) in [6, 6.07) is -0.827. The van der Waals surface area contributed by atoms with Crippen molar-refractivity contribution in [1.29, 1.82) is 0 Å². The predicted molar refractivity (Wildman–Crippen MR) is 69.0 cm³/mol. The number of nitrogens with zero attached hydrogens (tertiary/aromatic N) is 2. The van der Waals surface area contributed by atoms with Gasteiger partial charge in [0.15, 0.2) is 11.2 Å². The molecule has 0 spiro atoms. The Morgan fingerprint density at radius 3 is 2.48 bits per heavy atom. The van der Waals surface area contributed by atoms with Gasteiger partial charge in [0.25, 0.3) is 5.56 Å². The standard InChI is InChI=1S/C12H14ClF3N2O3/c1-6(2)4-8(11(20)21-3)18-10(19)7(12(14,15)16)5-9(13)17-18/h5-6,8H,4H2,1-3H3/t8-/m0/s1. The van der Waals surface area contributed by atoms with Gasteiger partial charge in [0.05, 0.1) is 7.11 Å². The average molecular weight is 327 g/mol. The Labute approximate surface area is 123 Å². The lowest BCUT2D eigenvalue weighted by Gasteiger charge is -2.19. The molecule has 0 unspecified atom stereocenters. The van der Waals surface area contributed by atoms with Gasteiger partial charge in [0.2, 0.25) is 0 Å². The molecule has 0 aromatic carbocycles. The smallest absolute Gasteiger partial charge is 0.421 e. The maximum atomic E-state index is 12.8. The number of hydrogen-bond acceptors (Lipinski definition) is 4. The third-order valence-electron chi connectivity index (χ3n) is 2.67. The molecule has 1 aromatic heterocycles. The molecule has 0 bridgehead atoms. The van der Waals surface area contributed by atoms with Crippen molar-refractivity contribution in [2.75, 3.05) is 7.11 Å². The molecule has 0 aliphatic carbocycles. The topological polar surface area (TPSA) is 61.2 Å². The van der Waals surface area contributed by atoms with Crippen molar-refractivity contribution in [3.05, 3.63) is 27.1 Å². The van der Waals surface area contributed by atoms with Crippen LogP contribution in [0.5, 0.6) is 0 Å². The minimum absolute atomic E-state index is 0.0730. The van der Waals surface area contributed by atoms with E-state index in [-0.39, 0.29) is 12.3 Å². The van der Waals surface area contributed by atoms with E-state index in [2.05, 4.69) is 9.84 Å². The maximum Gasteiger partial charge on any atom is 0.421 e. The molecule has 0 saturated heterocycles. The van der Waals surface area contributed by atoms with E-state index in [0.29, 0.717) is 10.7 Å². The van der Waals surface area contributed by atoms with Crippen molar-refractivity contribution in [1.82, 2.24) is 9.78 Å². The molecule has 0 saturated carbocycles. The van der Waals surface area contributed by atoms with Crippen LogP contribution in [0.3, 0.4) is 0 Å². The Morgan fingerprint density at radius 2 is 2.05 bits per heavy atom. The largest absolute Gasteiger partial charge is 0.467 e. The Kier molecular flexibility index (Phi) is 5.38. The molecule has 1 heterocycles. The molecule has 0 aliphatic heterocycles. The zero-order chi connectivity index (χ0) is 16.4. The monoisotopic (exact) mass is 326 g/mol. The fourth-order valence-corrected chi connectivity index (χ4v) is 1.96. The van der Waals surface area contributed by atoms with Crippen LogP contribution in [0.1, 0.15) is 31.9 Å². The van der Waals surface area contributed by atoms with E-state index < -0.39 is 34.5 Å². The molecule has 1 aromatic rings. The number of ether oxygens (including phenoxy) is 1. The Hall–Kier alpha value is -1.57. The van der Waals surface area contributed by atoms with E-state index in [4.69, 9.17) is 11.6 Å². The summed E-state index contributed by atoms with van der Waals surface area (Å²) < 4.78 is 43.4. The van der Waals surface area contributed by atoms with E-state index in [1.807, 2.05) is 0 Å². The molecule has 9 heteroatoms. The highest BCUT2D eigenvalue weighted by atomic mass is 35.5. The first-order chi connectivity index (χ1) is 9.57. The fraction of sp³-hybridized carbons (Fsp3) is 0.583. The maximum absolute atomic E-state index is 12.8. The Morgan fingerprint density at radius 1 is 1.48 bits per heavy atom. The summed E-state index contributed by atoms with van der Waals surface area (Å²) in [5.41, 5.74) is -2.90. The van der Waals surface area contributed by atoms with Gasteiger partial charge in [-0.15, -0.1) is 0 Å². The number of methoxy groups -OCH3 is 1. The average Bonchev–Trinajstić information content (AvgIpc) is 2.36. The van der Waals surface area contributed by atoms with Crippen molar-refractivity contribution >= 4 is 17.6 Å². The summed E-state index contributed by atoms with van der Waals surface area (Å²) >= 11 is 5.53. The molecule has 0 aliphatic rings. The van der Waals surface area contributed by atoms with E-state index in [1.54, 1.807) is 13.8 Å². The second-order valence-electron chi connectivity index (χ2n) is 4.80. The lowest BCUT2D eigenvalue weighted by Crippen LogP contribution is -2.37. The molecular formula is C12H14ClF3N2O3. The van der Waals surface area contributed by atoms with Crippen molar-refractivity contribution in [3.63, 3.8) is 0 Å². The molecular weight excluding hydrogens is 313 g/mol. The second kappa shape index (κ2) is 6.46. The number of carbonyl (C=O) groups is 1. The number of alkyl halides is 3. The highest BCUT2D eigenvalue weighted by molar-refractivity contribution is 6.29. The van der Waals surface area contributed by atoms with Gasteiger partial charge in [-0.1, -0.05) is 25.4 Å². The van der Waals surface area contributed by atoms with Crippen LogP contribution in [0.25, 0.3) is 0 Å². The van der Waals surface area contributed by atoms with E-state index in [9.17, 15) is 22.8 Å². The summed E-state index contributed by atoms with van der Waals surface area (Å²) in [6.45, 7) is 3.49. The number of rotatable bonds is 4. The first kappa shape index (κ1) is 17.5. The summed E-state index contributed by atoms with van der Waals surface area (Å²) in [4.78, 5) is 23.7. The van der Waals surface area contributed by atoms with Crippen molar-refractivity contribution in [2.24, 2.45) is 5.92 Å². The van der Waals surface area contributed by atoms with E-state index in [1.165, 1.54) is 0 Å². The Balaban J connectivity index is 3.48. The van der Waals surface area contributed by atoms with Crippen molar-refractivity contribution in [3.8, 4) is 0 Å². The van der Waals surface area contributed by atoms with Gasteiger partial charge in [0.1, 0.15) is 5.56 Å². The van der Waals surface area contributed by atoms with E-state index >= 15 is 0 Å². The molecule has 0 N–H and O–H groups in total. The SMILES string of the molecule is COC(=O)[C@H](CC(C)C)n1nc(Cl)cc(C(F)(F)F)c1=O. The quantitative estimate of drug-likeness (QED) is 0.798. The summed E-state index contributed by atoms with van der Waals surface area (Å²) in [5.74, 6) is -0.926. The van der Waals surface area contributed by atoms with Gasteiger partial charge >= 0.3 is 12.1 Å². The van der Waals surface area contributed by atoms with Crippen LogP contribution < -0.4 is 5.56 Å². The van der Waals surface area contributed by atoms with Gasteiger partial charge in [-0.05, 0) is 18.4 Å². The van der Waals surface area contributed by atoms with Crippen LogP contribution in [-0.2, 0) is 15.7 Å². The number of aromatic nitrogens is 2. The van der Waals surface area contributed by atoms with Crippen molar-refractivity contribution < 1.29 is 22.7 Å². The summed E-state index contributed by atoms with van der Waals surface area (Å²) in [7, 11) is 1.08. The minimum atomic E-state index is -4.89. The Bertz CT molecular complexity index is 584. The normalized spacial score (nSPS) is 13.3. The summed E-state index contributed by atoms with van der Waals surface area (Å²) in [6.07, 6.45) is -4.79. The summed E-state index contributed by atoms with van der Waals surface area (Å²) in [5, 5.41) is 3.01. The second-order valence-corrected chi connectivity index (χ2v) is 5.18. The number of hydrogen-bond donors (Lipinski definition) is 0. The van der Waals surface area contributed by atoms with Crippen molar-refractivity contribution in [2.45, 2.75) is 32.5 Å². The first-order valence-corrected chi connectivity index (χ1v) is 6.40. The molecule has 1 atom stereocenters. The number of esters is 1. The molecule has 0 fully saturated rings. The molecule has 0 radical (unpaired) electrons. The van der Waals surface area contributed by atoms with E-state index in [0.717, 1.165) is 7.11 Å².